The van der Waals surface area contributed by atoms with Crippen LogP contribution in [-0.4, -0.2) is 21.6 Å². The van der Waals surface area contributed by atoms with Gasteiger partial charge in [-0.2, -0.15) is 0 Å². The van der Waals surface area contributed by atoms with Crippen molar-refractivity contribution in [1.29, 1.82) is 0 Å². The first-order chi connectivity index (χ1) is 9.56. The topological polar surface area (TPSA) is 81.4 Å². The summed E-state index contributed by atoms with van der Waals surface area (Å²) in [4.78, 5) is 0.251. The minimum Gasteiger partial charge on any atom is -0.494 e. The number of rotatable bonds is 7. The second-order valence-electron chi connectivity index (χ2n) is 5.06. The Labute approximate surface area is 120 Å². The quantitative estimate of drug-likeness (QED) is 0.801. The summed E-state index contributed by atoms with van der Waals surface area (Å²) in [5.41, 5.74) is 6.36. The molecule has 0 aromatic heterocycles. The molecule has 20 heavy (non-hydrogen) atoms. The monoisotopic (exact) mass is 298 g/mol. The van der Waals surface area contributed by atoms with Gasteiger partial charge in [0.15, 0.2) is 0 Å². The molecule has 0 bridgehead atoms. The number of hydrogen-bond acceptors (Lipinski definition) is 4. The van der Waals surface area contributed by atoms with Gasteiger partial charge in [-0.15, -0.1) is 0 Å². The van der Waals surface area contributed by atoms with E-state index in [1.54, 1.807) is 18.2 Å². The van der Waals surface area contributed by atoms with Gasteiger partial charge in [0.2, 0.25) is 10.0 Å². The predicted molar refractivity (Wildman–Crippen MR) is 78.0 cm³/mol. The maximum absolute atomic E-state index is 12.2. The first kappa shape index (κ1) is 15.3. The van der Waals surface area contributed by atoms with Crippen LogP contribution in [0.2, 0.25) is 0 Å². The van der Waals surface area contributed by atoms with Crippen LogP contribution >= 0.6 is 0 Å². The molecule has 6 heteroatoms. The molecule has 1 aliphatic rings. The highest BCUT2D eigenvalue weighted by Gasteiger charge is 2.21. The Morgan fingerprint density at radius 1 is 1.40 bits per heavy atom. The van der Waals surface area contributed by atoms with Gasteiger partial charge in [0.25, 0.3) is 0 Å². The maximum Gasteiger partial charge on any atom is 0.240 e. The molecule has 1 aromatic carbocycles. The summed E-state index contributed by atoms with van der Waals surface area (Å²) >= 11 is 0. The summed E-state index contributed by atoms with van der Waals surface area (Å²) in [5.74, 6) is 1.13. The molecule has 0 radical (unpaired) electrons. The van der Waals surface area contributed by atoms with Crippen LogP contribution in [0.3, 0.4) is 0 Å². The van der Waals surface area contributed by atoms with E-state index in [1.165, 1.54) is 6.42 Å². The summed E-state index contributed by atoms with van der Waals surface area (Å²) in [6, 6.07) is 4.82. The number of nitrogens with one attached hydrogen (secondary N) is 1. The highest BCUT2D eigenvalue weighted by Crippen LogP contribution is 2.26. The molecule has 0 spiro atoms. The van der Waals surface area contributed by atoms with Gasteiger partial charge in [0.05, 0.1) is 11.5 Å². The normalized spacial score (nSPS) is 15.9. The van der Waals surface area contributed by atoms with Gasteiger partial charge in [-0.3, -0.25) is 0 Å². The molecule has 5 nitrogen and oxygen atoms in total. The lowest BCUT2D eigenvalue weighted by atomic mass is 9.86. The standard InChI is InChI=1S/C14H22N2O3S/c1-2-19-14-7-6-13(8-12(14)9-15)20(17,18)16-10-11-4-3-5-11/h6-8,11,16H,2-5,9-10,15H2,1H3. The zero-order valence-corrected chi connectivity index (χ0v) is 12.6. The first-order valence-corrected chi connectivity index (χ1v) is 8.50. The zero-order chi connectivity index (χ0) is 14.6. The molecule has 0 saturated heterocycles. The molecule has 1 aromatic rings. The summed E-state index contributed by atoms with van der Waals surface area (Å²) in [6.45, 7) is 3.18. The van der Waals surface area contributed by atoms with Gasteiger partial charge >= 0.3 is 0 Å². The van der Waals surface area contributed by atoms with Gasteiger partial charge < -0.3 is 10.5 Å². The van der Waals surface area contributed by atoms with E-state index in [4.69, 9.17) is 10.5 Å². The fraction of sp³-hybridized carbons (Fsp3) is 0.571. The van der Waals surface area contributed by atoms with E-state index < -0.39 is 10.0 Å². The Morgan fingerprint density at radius 3 is 2.70 bits per heavy atom. The zero-order valence-electron chi connectivity index (χ0n) is 11.8. The average molecular weight is 298 g/mol. The molecular formula is C14H22N2O3S. The van der Waals surface area contributed by atoms with Crippen LogP contribution in [0.1, 0.15) is 31.7 Å². The molecular weight excluding hydrogens is 276 g/mol. The van der Waals surface area contributed by atoms with Crippen molar-refractivity contribution < 1.29 is 13.2 Å². The van der Waals surface area contributed by atoms with Crippen molar-refractivity contribution in [3.63, 3.8) is 0 Å². The van der Waals surface area contributed by atoms with Crippen molar-refractivity contribution in [3.8, 4) is 5.75 Å². The highest BCUT2D eigenvalue weighted by molar-refractivity contribution is 7.89. The smallest absolute Gasteiger partial charge is 0.240 e. The minimum absolute atomic E-state index is 0.251. The summed E-state index contributed by atoms with van der Waals surface area (Å²) in [7, 11) is -3.46. The lowest BCUT2D eigenvalue weighted by Gasteiger charge is -2.25. The molecule has 3 N–H and O–H groups in total. The van der Waals surface area contributed by atoms with E-state index in [9.17, 15) is 8.42 Å². The van der Waals surface area contributed by atoms with Gasteiger partial charge in [-0.1, -0.05) is 6.42 Å². The van der Waals surface area contributed by atoms with Crippen LogP contribution in [0.15, 0.2) is 23.1 Å². The predicted octanol–water partition coefficient (Wildman–Crippen LogP) is 1.62. The summed E-state index contributed by atoms with van der Waals surface area (Å²) < 4.78 is 32.5. The molecule has 0 atom stereocenters. The Hall–Kier alpha value is -1.11. The van der Waals surface area contributed by atoms with E-state index in [-0.39, 0.29) is 11.4 Å². The molecule has 1 saturated carbocycles. The third-order valence-corrected chi connectivity index (χ3v) is 5.07. The van der Waals surface area contributed by atoms with Crippen molar-refractivity contribution in [2.45, 2.75) is 37.6 Å². The fourth-order valence-electron chi connectivity index (χ4n) is 2.19. The number of benzene rings is 1. The second-order valence-corrected chi connectivity index (χ2v) is 6.82. The molecule has 0 unspecified atom stereocenters. The highest BCUT2D eigenvalue weighted by atomic mass is 32.2. The van der Waals surface area contributed by atoms with Crippen LogP contribution in [-0.2, 0) is 16.6 Å². The number of hydrogen-bond donors (Lipinski definition) is 2. The SMILES string of the molecule is CCOc1ccc(S(=O)(=O)NCC2CCC2)cc1CN. The molecule has 0 amide bonds. The van der Waals surface area contributed by atoms with E-state index in [2.05, 4.69) is 4.72 Å². The largest absolute Gasteiger partial charge is 0.494 e. The van der Waals surface area contributed by atoms with Gasteiger partial charge in [-0.25, -0.2) is 13.1 Å². The van der Waals surface area contributed by atoms with Crippen molar-refractivity contribution in [2.24, 2.45) is 11.7 Å². The van der Waals surface area contributed by atoms with Crippen molar-refractivity contribution in [2.75, 3.05) is 13.2 Å². The Morgan fingerprint density at radius 2 is 2.15 bits per heavy atom. The van der Waals surface area contributed by atoms with Gasteiger partial charge in [0, 0.05) is 18.7 Å². The second kappa shape index (κ2) is 6.56. The summed E-state index contributed by atoms with van der Waals surface area (Å²) in [5, 5.41) is 0. The van der Waals surface area contributed by atoms with Crippen LogP contribution in [0.5, 0.6) is 5.75 Å². The Balaban J connectivity index is 2.13. The van der Waals surface area contributed by atoms with E-state index in [0.717, 1.165) is 12.8 Å². The molecule has 0 aliphatic heterocycles. The Bertz CT molecular complexity index is 554. The van der Waals surface area contributed by atoms with E-state index in [1.807, 2.05) is 6.92 Å². The maximum atomic E-state index is 12.2. The molecule has 1 fully saturated rings. The summed E-state index contributed by atoms with van der Waals surface area (Å²) in [6.07, 6.45) is 3.42. The molecule has 0 heterocycles. The third-order valence-electron chi connectivity index (χ3n) is 3.65. The number of nitrogens with two attached hydrogens (primary N) is 1. The Kier molecular flexibility index (Phi) is 5.01. The molecule has 1 aliphatic carbocycles. The van der Waals surface area contributed by atoms with Crippen molar-refractivity contribution >= 4 is 10.0 Å². The van der Waals surface area contributed by atoms with Gasteiger partial charge in [-0.05, 0) is 43.9 Å². The van der Waals surface area contributed by atoms with Crippen LogP contribution in [0.4, 0.5) is 0 Å². The van der Waals surface area contributed by atoms with Crippen molar-refractivity contribution in [1.82, 2.24) is 4.72 Å². The van der Waals surface area contributed by atoms with E-state index in [0.29, 0.717) is 30.4 Å². The van der Waals surface area contributed by atoms with E-state index >= 15 is 0 Å². The van der Waals surface area contributed by atoms with Crippen molar-refractivity contribution in [3.05, 3.63) is 23.8 Å². The lowest BCUT2D eigenvalue weighted by molar-refractivity contribution is 0.316. The lowest BCUT2D eigenvalue weighted by Crippen LogP contribution is -2.32. The van der Waals surface area contributed by atoms with Crippen LogP contribution < -0.4 is 15.2 Å². The number of ether oxygens (including phenoxy) is 1. The first-order valence-electron chi connectivity index (χ1n) is 7.02. The fourth-order valence-corrected chi connectivity index (χ4v) is 3.35. The molecule has 112 valence electrons. The third kappa shape index (κ3) is 3.50. The van der Waals surface area contributed by atoms with Gasteiger partial charge in [0.1, 0.15) is 5.75 Å². The average Bonchev–Trinajstić information content (AvgIpc) is 2.37. The number of sulfonamides is 1. The van der Waals surface area contributed by atoms with Crippen LogP contribution in [0, 0.1) is 5.92 Å². The van der Waals surface area contributed by atoms with Crippen LogP contribution in [0.25, 0.3) is 0 Å². The molecule has 2 rings (SSSR count). The minimum atomic E-state index is -3.46.